The second-order valence-corrected chi connectivity index (χ2v) is 2.85. The highest BCUT2D eigenvalue weighted by Gasteiger charge is 2.38. The molecule has 0 radical (unpaired) electrons. The molecule has 1 aromatic rings. The smallest absolute Gasteiger partial charge is 0.214 e. The monoisotopic (exact) mass is 138 g/mol. The summed E-state index contributed by atoms with van der Waals surface area (Å²) < 4.78 is 5.10. The van der Waals surface area contributed by atoms with Gasteiger partial charge in [-0.25, -0.2) is 4.98 Å². The Hall–Kier alpha value is -0.830. The molecule has 2 rings (SSSR count). The van der Waals surface area contributed by atoms with Crippen molar-refractivity contribution in [2.24, 2.45) is 5.73 Å². The maximum atomic E-state index is 5.91. The quantitative estimate of drug-likeness (QED) is 0.630. The van der Waals surface area contributed by atoms with Crippen LogP contribution in [0.3, 0.4) is 0 Å². The van der Waals surface area contributed by atoms with Crippen LogP contribution in [-0.2, 0) is 5.54 Å². The van der Waals surface area contributed by atoms with Crippen molar-refractivity contribution in [1.82, 2.24) is 4.98 Å². The van der Waals surface area contributed by atoms with E-state index in [4.69, 9.17) is 10.2 Å². The van der Waals surface area contributed by atoms with E-state index in [1.165, 1.54) is 6.42 Å². The minimum absolute atomic E-state index is 0.233. The predicted molar refractivity (Wildman–Crippen MR) is 36.2 cm³/mol. The molecular weight excluding hydrogens is 128 g/mol. The average Bonchev–Trinajstić information content (AvgIpc) is 2.33. The molecule has 0 spiro atoms. The minimum Gasteiger partial charge on any atom is -0.447 e. The summed E-state index contributed by atoms with van der Waals surface area (Å²) >= 11 is 0. The standard InChI is InChI=1S/C7H10N2O/c8-7(2-1-3-7)6-9-4-5-10-6/h4-5H,1-3,8H2. The van der Waals surface area contributed by atoms with Gasteiger partial charge >= 0.3 is 0 Å². The molecule has 3 nitrogen and oxygen atoms in total. The molecule has 0 aromatic carbocycles. The van der Waals surface area contributed by atoms with Crippen molar-refractivity contribution in [1.29, 1.82) is 0 Å². The van der Waals surface area contributed by atoms with Crippen LogP contribution in [0.4, 0.5) is 0 Å². The Morgan fingerprint density at radius 2 is 2.40 bits per heavy atom. The van der Waals surface area contributed by atoms with Crippen molar-refractivity contribution in [3.63, 3.8) is 0 Å². The molecule has 0 atom stereocenters. The lowest BCUT2D eigenvalue weighted by atomic mass is 9.78. The fourth-order valence-electron chi connectivity index (χ4n) is 1.24. The Morgan fingerprint density at radius 3 is 2.80 bits per heavy atom. The highest BCUT2D eigenvalue weighted by molar-refractivity contribution is 5.06. The molecule has 0 aliphatic heterocycles. The summed E-state index contributed by atoms with van der Waals surface area (Å²) in [6.07, 6.45) is 6.42. The summed E-state index contributed by atoms with van der Waals surface area (Å²) in [5, 5.41) is 0. The first-order valence-corrected chi connectivity index (χ1v) is 3.50. The third kappa shape index (κ3) is 0.671. The molecule has 0 unspecified atom stereocenters. The molecule has 1 aliphatic carbocycles. The lowest BCUT2D eigenvalue weighted by molar-refractivity contribution is 0.199. The van der Waals surface area contributed by atoms with Crippen molar-refractivity contribution >= 4 is 0 Å². The fraction of sp³-hybridized carbons (Fsp3) is 0.571. The van der Waals surface area contributed by atoms with Crippen LogP contribution in [0, 0.1) is 0 Å². The van der Waals surface area contributed by atoms with Gasteiger partial charge in [-0.15, -0.1) is 0 Å². The topological polar surface area (TPSA) is 52.0 Å². The summed E-state index contributed by atoms with van der Waals surface area (Å²) in [6, 6.07) is 0. The number of nitrogens with zero attached hydrogens (tertiary/aromatic N) is 1. The molecule has 0 saturated heterocycles. The zero-order valence-electron chi connectivity index (χ0n) is 5.71. The number of nitrogens with two attached hydrogens (primary N) is 1. The van der Waals surface area contributed by atoms with Gasteiger partial charge in [-0.05, 0) is 19.3 Å². The summed E-state index contributed by atoms with van der Waals surface area (Å²) in [7, 11) is 0. The Bertz CT molecular complexity index is 214. The zero-order valence-corrected chi connectivity index (χ0v) is 5.71. The predicted octanol–water partition coefficient (Wildman–Crippen LogP) is 1.01. The van der Waals surface area contributed by atoms with Crippen LogP contribution in [0.25, 0.3) is 0 Å². The minimum atomic E-state index is -0.233. The van der Waals surface area contributed by atoms with Crippen molar-refractivity contribution in [2.45, 2.75) is 24.8 Å². The van der Waals surface area contributed by atoms with Crippen LogP contribution in [0.5, 0.6) is 0 Å². The Morgan fingerprint density at radius 1 is 1.60 bits per heavy atom. The second-order valence-electron chi connectivity index (χ2n) is 2.85. The first-order chi connectivity index (χ1) is 4.81. The van der Waals surface area contributed by atoms with E-state index in [0.717, 1.165) is 12.8 Å². The summed E-state index contributed by atoms with van der Waals surface area (Å²) in [6.45, 7) is 0. The van der Waals surface area contributed by atoms with Gasteiger partial charge in [-0.1, -0.05) is 0 Å². The molecule has 1 aromatic heterocycles. The van der Waals surface area contributed by atoms with Crippen LogP contribution in [-0.4, -0.2) is 4.98 Å². The molecule has 1 saturated carbocycles. The van der Waals surface area contributed by atoms with Crippen LogP contribution in [0.1, 0.15) is 25.2 Å². The van der Waals surface area contributed by atoms with E-state index in [9.17, 15) is 0 Å². The van der Waals surface area contributed by atoms with E-state index >= 15 is 0 Å². The highest BCUT2D eigenvalue weighted by Crippen LogP contribution is 2.37. The van der Waals surface area contributed by atoms with E-state index in [1.807, 2.05) is 0 Å². The third-order valence-corrected chi connectivity index (χ3v) is 2.10. The summed E-state index contributed by atoms with van der Waals surface area (Å²) in [5.74, 6) is 0.693. The molecule has 2 N–H and O–H groups in total. The van der Waals surface area contributed by atoms with Gasteiger partial charge in [0.15, 0.2) is 0 Å². The van der Waals surface area contributed by atoms with E-state index in [2.05, 4.69) is 4.98 Å². The number of aromatic nitrogens is 1. The van der Waals surface area contributed by atoms with Crippen LogP contribution in [0.2, 0.25) is 0 Å². The van der Waals surface area contributed by atoms with Gasteiger partial charge in [0.05, 0.1) is 11.7 Å². The van der Waals surface area contributed by atoms with Crippen molar-refractivity contribution < 1.29 is 4.42 Å². The summed E-state index contributed by atoms with van der Waals surface area (Å²) in [5.41, 5.74) is 5.68. The molecular formula is C7H10N2O. The van der Waals surface area contributed by atoms with Crippen LogP contribution in [0.15, 0.2) is 16.9 Å². The molecule has 1 fully saturated rings. The average molecular weight is 138 g/mol. The van der Waals surface area contributed by atoms with E-state index < -0.39 is 0 Å². The van der Waals surface area contributed by atoms with E-state index in [0.29, 0.717) is 5.89 Å². The molecule has 0 bridgehead atoms. The van der Waals surface area contributed by atoms with Crippen molar-refractivity contribution in [3.8, 4) is 0 Å². The largest absolute Gasteiger partial charge is 0.447 e. The van der Waals surface area contributed by atoms with Gasteiger partial charge in [-0.3, -0.25) is 0 Å². The van der Waals surface area contributed by atoms with Crippen molar-refractivity contribution in [3.05, 3.63) is 18.4 Å². The van der Waals surface area contributed by atoms with Crippen LogP contribution < -0.4 is 5.73 Å². The fourth-order valence-corrected chi connectivity index (χ4v) is 1.24. The first kappa shape index (κ1) is 5.92. The molecule has 0 amide bonds. The van der Waals surface area contributed by atoms with E-state index in [1.54, 1.807) is 12.5 Å². The summed E-state index contributed by atoms with van der Waals surface area (Å²) in [4.78, 5) is 4.02. The second kappa shape index (κ2) is 1.83. The lowest BCUT2D eigenvalue weighted by Crippen LogP contribution is -2.43. The maximum absolute atomic E-state index is 5.91. The SMILES string of the molecule is NC1(c2ncco2)CCC1. The van der Waals surface area contributed by atoms with Crippen molar-refractivity contribution in [2.75, 3.05) is 0 Å². The van der Waals surface area contributed by atoms with Crippen LogP contribution >= 0.6 is 0 Å². The third-order valence-electron chi connectivity index (χ3n) is 2.10. The number of rotatable bonds is 1. The highest BCUT2D eigenvalue weighted by atomic mass is 16.3. The molecule has 54 valence electrons. The normalized spacial score (nSPS) is 22.1. The molecule has 1 aliphatic rings. The van der Waals surface area contributed by atoms with Gasteiger partial charge in [0.2, 0.25) is 5.89 Å². The number of oxazole rings is 1. The van der Waals surface area contributed by atoms with Gasteiger partial charge in [0.25, 0.3) is 0 Å². The zero-order chi connectivity index (χ0) is 7.03. The first-order valence-electron chi connectivity index (χ1n) is 3.50. The molecule has 1 heterocycles. The van der Waals surface area contributed by atoms with Gasteiger partial charge < -0.3 is 10.2 Å². The Balaban J connectivity index is 2.27. The van der Waals surface area contributed by atoms with Gasteiger partial charge in [-0.2, -0.15) is 0 Å². The number of hydrogen-bond donors (Lipinski definition) is 1. The molecule has 3 heteroatoms. The Kier molecular flexibility index (Phi) is 1.08. The maximum Gasteiger partial charge on any atom is 0.214 e. The van der Waals surface area contributed by atoms with Gasteiger partial charge in [0, 0.05) is 0 Å². The van der Waals surface area contributed by atoms with E-state index in [-0.39, 0.29) is 5.54 Å². The van der Waals surface area contributed by atoms with Gasteiger partial charge in [0.1, 0.15) is 6.26 Å². The number of hydrogen-bond acceptors (Lipinski definition) is 3. The molecule has 10 heavy (non-hydrogen) atoms. The lowest BCUT2D eigenvalue weighted by Gasteiger charge is -2.34. The Labute approximate surface area is 59.2 Å².